The number of hydrogen-bond donors (Lipinski definition) is 1. The molecule has 21 heavy (non-hydrogen) atoms. The van der Waals surface area contributed by atoms with E-state index in [9.17, 15) is 9.90 Å². The van der Waals surface area contributed by atoms with E-state index in [1.54, 1.807) is 31.4 Å². The molecule has 4 nitrogen and oxygen atoms in total. The summed E-state index contributed by atoms with van der Waals surface area (Å²) in [6.45, 7) is 1.96. The lowest BCUT2D eigenvalue weighted by atomic mass is 10.0. The molecule has 0 amide bonds. The fourth-order valence-electron chi connectivity index (χ4n) is 2.06. The Morgan fingerprint density at radius 1 is 1.14 bits per heavy atom. The zero-order valence-electron chi connectivity index (χ0n) is 12.1. The minimum Gasteiger partial charge on any atom is -0.497 e. The van der Waals surface area contributed by atoms with E-state index in [2.05, 4.69) is 0 Å². The van der Waals surface area contributed by atoms with Gasteiger partial charge in [-0.2, -0.15) is 0 Å². The summed E-state index contributed by atoms with van der Waals surface area (Å²) in [5, 5.41) is 9.36. The Kier molecular flexibility index (Phi) is 4.82. The second kappa shape index (κ2) is 6.79. The predicted octanol–water partition coefficient (Wildman–Crippen LogP) is 3.08. The highest BCUT2D eigenvalue weighted by Gasteiger charge is 2.21. The van der Waals surface area contributed by atoms with Gasteiger partial charge in [0.15, 0.2) is 6.10 Å². The van der Waals surface area contributed by atoms with Gasteiger partial charge in [-0.1, -0.05) is 30.3 Å². The highest BCUT2D eigenvalue weighted by Crippen LogP contribution is 2.21. The maximum atomic E-state index is 11.4. The van der Waals surface area contributed by atoms with Crippen LogP contribution in [0, 0.1) is 6.92 Å². The van der Waals surface area contributed by atoms with Gasteiger partial charge >= 0.3 is 5.97 Å². The van der Waals surface area contributed by atoms with Crippen LogP contribution in [0.25, 0.3) is 0 Å². The Labute approximate surface area is 123 Å². The monoisotopic (exact) mass is 286 g/mol. The van der Waals surface area contributed by atoms with Crippen molar-refractivity contribution in [1.82, 2.24) is 0 Å². The molecule has 0 bridgehead atoms. The molecule has 2 aromatic carbocycles. The Hall–Kier alpha value is -2.49. The number of methoxy groups -OCH3 is 1. The third-order valence-electron chi connectivity index (χ3n) is 3.26. The first kappa shape index (κ1) is 14.9. The molecule has 110 valence electrons. The molecular formula is C17H18O4. The summed E-state index contributed by atoms with van der Waals surface area (Å²) < 4.78 is 10.7. The van der Waals surface area contributed by atoms with Crippen molar-refractivity contribution in [2.75, 3.05) is 7.11 Å². The molecule has 0 fully saturated rings. The Morgan fingerprint density at radius 2 is 1.86 bits per heavy atom. The Bertz CT molecular complexity index is 622. The first-order valence-electron chi connectivity index (χ1n) is 6.68. The van der Waals surface area contributed by atoms with Gasteiger partial charge in [-0.3, -0.25) is 0 Å². The number of aryl methyl sites for hydroxylation is 1. The van der Waals surface area contributed by atoms with E-state index in [1.165, 1.54) is 0 Å². The van der Waals surface area contributed by atoms with Crippen molar-refractivity contribution in [3.63, 3.8) is 0 Å². The maximum absolute atomic E-state index is 11.4. The van der Waals surface area contributed by atoms with E-state index in [1.807, 2.05) is 31.2 Å². The predicted molar refractivity (Wildman–Crippen MR) is 79.9 cm³/mol. The minimum absolute atomic E-state index is 0.319. The summed E-state index contributed by atoms with van der Waals surface area (Å²) in [6.07, 6.45) is -0.614. The summed E-state index contributed by atoms with van der Waals surface area (Å²) in [5.74, 6) is 0.129. The first-order valence-corrected chi connectivity index (χ1v) is 6.68. The van der Waals surface area contributed by atoms with Crippen LogP contribution in [0.1, 0.15) is 11.1 Å². The first-order chi connectivity index (χ1) is 10.1. The van der Waals surface area contributed by atoms with Crippen LogP contribution < -0.4 is 9.47 Å². The Morgan fingerprint density at radius 3 is 2.52 bits per heavy atom. The molecule has 0 spiro atoms. The minimum atomic E-state index is -0.985. The number of carboxylic acid groups (broad SMARTS) is 1. The molecule has 1 N–H and O–H groups in total. The average Bonchev–Trinajstić information content (AvgIpc) is 2.49. The number of benzene rings is 2. The van der Waals surface area contributed by atoms with Crippen molar-refractivity contribution in [2.45, 2.75) is 19.4 Å². The molecule has 4 heteroatoms. The van der Waals surface area contributed by atoms with Crippen LogP contribution in [0.2, 0.25) is 0 Å². The summed E-state index contributed by atoms with van der Waals surface area (Å²) in [7, 11) is 1.56. The second-order valence-electron chi connectivity index (χ2n) is 4.75. The van der Waals surface area contributed by atoms with Crippen molar-refractivity contribution in [3.05, 3.63) is 59.7 Å². The van der Waals surface area contributed by atoms with Gasteiger partial charge in [0.2, 0.25) is 0 Å². The number of aliphatic carboxylic acids is 1. The fourth-order valence-corrected chi connectivity index (χ4v) is 2.06. The van der Waals surface area contributed by atoms with Crippen molar-refractivity contribution in [2.24, 2.45) is 0 Å². The SMILES string of the molecule is COc1cccc(OC(Cc2ccccc2C)C(=O)O)c1. The summed E-state index contributed by atoms with van der Waals surface area (Å²) >= 11 is 0. The van der Waals surface area contributed by atoms with Gasteiger partial charge in [0, 0.05) is 12.5 Å². The van der Waals surface area contributed by atoms with Crippen molar-refractivity contribution in [3.8, 4) is 11.5 Å². The molecule has 0 aliphatic heterocycles. The normalized spacial score (nSPS) is 11.7. The maximum Gasteiger partial charge on any atom is 0.345 e. The van der Waals surface area contributed by atoms with Gasteiger partial charge in [-0.15, -0.1) is 0 Å². The largest absolute Gasteiger partial charge is 0.497 e. The summed E-state index contributed by atoms with van der Waals surface area (Å²) in [6, 6.07) is 14.6. The fraction of sp³-hybridized carbons (Fsp3) is 0.235. The zero-order valence-corrected chi connectivity index (χ0v) is 12.1. The van der Waals surface area contributed by atoms with Crippen molar-refractivity contribution in [1.29, 1.82) is 0 Å². The molecule has 1 unspecified atom stereocenters. The van der Waals surface area contributed by atoms with E-state index >= 15 is 0 Å². The lowest BCUT2D eigenvalue weighted by Crippen LogP contribution is -2.29. The van der Waals surface area contributed by atoms with Gasteiger partial charge in [-0.25, -0.2) is 4.79 Å². The van der Waals surface area contributed by atoms with E-state index in [4.69, 9.17) is 9.47 Å². The van der Waals surface area contributed by atoms with Gasteiger partial charge in [0.05, 0.1) is 7.11 Å². The highest BCUT2D eigenvalue weighted by atomic mass is 16.5. The Balaban J connectivity index is 2.16. The summed E-state index contributed by atoms with van der Waals surface area (Å²) in [5.41, 5.74) is 2.02. The molecule has 2 aromatic rings. The third kappa shape index (κ3) is 3.99. The highest BCUT2D eigenvalue weighted by molar-refractivity contribution is 5.73. The molecular weight excluding hydrogens is 268 g/mol. The van der Waals surface area contributed by atoms with Crippen molar-refractivity contribution < 1.29 is 19.4 Å². The molecule has 0 saturated heterocycles. The molecule has 0 aliphatic carbocycles. The number of carbonyl (C=O) groups is 1. The van der Waals surface area contributed by atoms with E-state index in [0.717, 1.165) is 11.1 Å². The molecule has 0 heterocycles. The number of rotatable bonds is 6. The van der Waals surface area contributed by atoms with Crippen LogP contribution >= 0.6 is 0 Å². The van der Waals surface area contributed by atoms with E-state index in [0.29, 0.717) is 17.9 Å². The van der Waals surface area contributed by atoms with Crippen LogP contribution in [-0.4, -0.2) is 24.3 Å². The lowest BCUT2D eigenvalue weighted by molar-refractivity contribution is -0.145. The molecule has 0 saturated carbocycles. The molecule has 0 aromatic heterocycles. The van der Waals surface area contributed by atoms with E-state index in [-0.39, 0.29) is 0 Å². The lowest BCUT2D eigenvalue weighted by Gasteiger charge is -2.16. The molecule has 0 aliphatic rings. The van der Waals surface area contributed by atoms with Crippen LogP contribution in [0.5, 0.6) is 11.5 Å². The molecule has 0 radical (unpaired) electrons. The van der Waals surface area contributed by atoms with Gasteiger partial charge in [-0.05, 0) is 30.2 Å². The summed E-state index contributed by atoms with van der Waals surface area (Å²) in [4.78, 5) is 11.4. The number of hydrogen-bond acceptors (Lipinski definition) is 3. The van der Waals surface area contributed by atoms with Crippen LogP contribution in [0.15, 0.2) is 48.5 Å². The quantitative estimate of drug-likeness (QED) is 0.886. The van der Waals surface area contributed by atoms with Crippen LogP contribution in [0.3, 0.4) is 0 Å². The zero-order chi connectivity index (χ0) is 15.2. The smallest absolute Gasteiger partial charge is 0.345 e. The van der Waals surface area contributed by atoms with Crippen molar-refractivity contribution >= 4 is 5.97 Å². The average molecular weight is 286 g/mol. The molecule has 2 rings (SSSR count). The van der Waals surface area contributed by atoms with Gasteiger partial charge in [0.1, 0.15) is 11.5 Å². The number of ether oxygens (including phenoxy) is 2. The number of carboxylic acids is 1. The van der Waals surface area contributed by atoms with E-state index < -0.39 is 12.1 Å². The third-order valence-corrected chi connectivity index (χ3v) is 3.26. The second-order valence-corrected chi connectivity index (χ2v) is 4.75. The standard InChI is InChI=1S/C17H18O4/c1-12-6-3-4-7-13(12)10-16(17(18)19)21-15-9-5-8-14(11-15)20-2/h3-9,11,16H,10H2,1-2H3,(H,18,19). The van der Waals surface area contributed by atoms with Gasteiger partial charge < -0.3 is 14.6 Å². The van der Waals surface area contributed by atoms with Crippen LogP contribution in [-0.2, 0) is 11.2 Å². The molecule has 1 atom stereocenters. The van der Waals surface area contributed by atoms with Crippen LogP contribution in [0.4, 0.5) is 0 Å². The van der Waals surface area contributed by atoms with Gasteiger partial charge in [0.25, 0.3) is 0 Å². The topological polar surface area (TPSA) is 55.8 Å².